The van der Waals surface area contributed by atoms with Gasteiger partial charge in [0, 0.05) is 22.9 Å². The van der Waals surface area contributed by atoms with Crippen molar-refractivity contribution in [2.75, 3.05) is 6.61 Å². The number of pyridine rings is 1. The molecule has 0 aliphatic heterocycles. The van der Waals surface area contributed by atoms with E-state index >= 15 is 0 Å². The first-order chi connectivity index (χ1) is 9.11. The molecular weight excluding hydrogens is 312 g/mol. The van der Waals surface area contributed by atoms with Crippen LogP contribution in [0.25, 0.3) is 11.7 Å². The minimum Gasteiger partial charge on any atom is -0.463 e. The molecule has 0 N–H and O–H groups in total. The molecule has 6 heteroatoms. The zero-order valence-corrected chi connectivity index (χ0v) is 11.8. The number of carbonyl (C=O) groups is 1. The molecule has 0 spiro atoms. The molecule has 0 amide bonds. The third-order valence-corrected chi connectivity index (χ3v) is 2.85. The maximum Gasteiger partial charge on any atom is 0.330 e. The number of esters is 1. The summed E-state index contributed by atoms with van der Waals surface area (Å²) in [6.45, 7) is 2.01. The summed E-state index contributed by atoms with van der Waals surface area (Å²) in [5.74, 6) is -0.485. The van der Waals surface area contributed by atoms with E-state index in [0.29, 0.717) is 17.8 Å². The van der Waals surface area contributed by atoms with Crippen LogP contribution in [0.4, 0.5) is 0 Å². The van der Waals surface area contributed by atoms with Gasteiger partial charge in [-0.15, -0.1) is 0 Å². The van der Waals surface area contributed by atoms with E-state index in [1.165, 1.54) is 22.7 Å². The third kappa shape index (κ3) is 3.08. The van der Waals surface area contributed by atoms with Crippen molar-refractivity contribution in [3.8, 4) is 0 Å². The fraction of sp³-hybridized carbons (Fsp3) is 0.154. The molecule has 0 bridgehead atoms. The number of ether oxygens (including phenoxy) is 1. The first kappa shape index (κ1) is 13.5. The molecule has 0 atom stereocenters. The van der Waals surface area contributed by atoms with Crippen LogP contribution in [0.15, 0.2) is 39.9 Å². The van der Waals surface area contributed by atoms with E-state index in [4.69, 9.17) is 4.74 Å². The Balaban J connectivity index is 2.43. The van der Waals surface area contributed by atoms with Gasteiger partial charge in [-0.25, -0.2) is 9.78 Å². The highest BCUT2D eigenvalue weighted by Crippen LogP contribution is 2.09. The van der Waals surface area contributed by atoms with Gasteiger partial charge in [0.2, 0.25) is 0 Å². The lowest BCUT2D eigenvalue weighted by atomic mass is 10.3. The number of carbonyl (C=O) groups excluding carboxylic acids is 1. The highest BCUT2D eigenvalue weighted by Gasteiger charge is 2.03. The van der Waals surface area contributed by atoms with Crippen molar-refractivity contribution < 1.29 is 9.53 Å². The third-order valence-electron chi connectivity index (χ3n) is 2.38. The van der Waals surface area contributed by atoms with E-state index in [9.17, 15) is 9.59 Å². The fourth-order valence-electron chi connectivity index (χ4n) is 1.53. The predicted octanol–water partition coefficient (Wildman–Crippen LogP) is 2.03. The van der Waals surface area contributed by atoms with Crippen LogP contribution in [0.1, 0.15) is 12.5 Å². The number of fused-ring (bicyclic) bond motifs is 1. The summed E-state index contributed by atoms with van der Waals surface area (Å²) in [6, 6.07) is 3.53. The maximum absolute atomic E-state index is 12.1. The predicted molar refractivity (Wildman–Crippen MR) is 74.8 cm³/mol. The minimum absolute atomic E-state index is 0.244. The number of hydrogen-bond acceptors (Lipinski definition) is 4. The molecular formula is C13H11BrN2O3. The Labute approximate surface area is 117 Å². The van der Waals surface area contributed by atoms with Crippen LogP contribution in [-0.2, 0) is 9.53 Å². The van der Waals surface area contributed by atoms with Gasteiger partial charge in [-0.1, -0.05) is 0 Å². The molecule has 0 aromatic carbocycles. The lowest BCUT2D eigenvalue weighted by Gasteiger charge is -2.01. The monoisotopic (exact) mass is 322 g/mol. The van der Waals surface area contributed by atoms with Gasteiger partial charge in [0.1, 0.15) is 5.65 Å². The summed E-state index contributed by atoms with van der Waals surface area (Å²) in [4.78, 5) is 27.5. The van der Waals surface area contributed by atoms with Crippen LogP contribution in [0.5, 0.6) is 0 Å². The van der Waals surface area contributed by atoms with E-state index in [-0.39, 0.29) is 5.56 Å². The molecule has 0 fully saturated rings. The van der Waals surface area contributed by atoms with Crippen molar-refractivity contribution in [1.29, 1.82) is 0 Å². The largest absolute Gasteiger partial charge is 0.463 e. The fourth-order valence-corrected chi connectivity index (χ4v) is 1.86. The maximum atomic E-state index is 12.1. The Morgan fingerprint density at radius 1 is 1.53 bits per heavy atom. The topological polar surface area (TPSA) is 60.7 Å². The number of rotatable bonds is 3. The normalized spacial score (nSPS) is 11.1. The molecule has 0 saturated carbocycles. The van der Waals surface area contributed by atoms with Crippen LogP contribution in [0.3, 0.4) is 0 Å². The Bertz CT molecular complexity index is 707. The summed E-state index contributed by atoms with van der Waals surface area (Å²) in [7, 11) is 0. The van der Waals surface area contributed by atoms with Crippen LogP contribution in [-0.4, -0.2) is 22.0 Å². The number of halogens is 1. The molecule has 0 unspecified atom stereocenters. The molecule has 0 aliphatic rings. The molecule has 19 heavy (non-hydrogen) atoms. The van der Waals surface area contributed by atoms with Gasteiger partial charge in [-0.3, -0.25) is 9.20 Å². The Morgan fingerprint density at radius 2 is 2.32 bits per heavy atom. The van der Waals surface area contributed by atoms with Crippen LogP contribution >= 0.6 is 15.9 Å². The number of nitrogens with zero attached hydrogens (tertiary/aromatic N) is 2. The Morgan fingerprint density at radius 3 is 3.05 bits per heavy atom. The molecule has 0 aliphatic carbocycles. The van der Waals surface area contributed by atoms with Gasteiger partial charge >= 0.3 is 5.97 Å². The summed E-state index contributed by atoms with van der Waals surface area (Å²) in [6.07, 6.45) is 5.68. The summed E-state index contributed by atoms with van der Waals surface area (Å²) >= 11 is 3.29. The Hall–Kier alpha value is -1.95. The zero-order valence-electron chi connectivity index (χ0n) is 10.2. The molecule has 5 nitrogen and oxygen atoms in total. The van der Waals surface area contributed by atoms with E-state index in [1.807, 2.05) is 0 Å². The highest BCUT2D eigenvalue weighted by molar-refractivity contribution is 9.10. The molecule has 98 valence electrons. The zero-order chi connectivity index (χ0) is 13.8. The van der Waals surface area contributed by atoms with Crippen molar-refractivity contribution in [2.45, 2.75) is 6.92 Å². The minimum atomic E-state index is -0.485. The second-order valence-electron chi connectivity index (χ2n) is 3.68. The van der Waals surface area contributed by atoms with Crippen molar-refractivity contribution in [3.63, 3.8) is 0 Å². The van der Waals surface area contributed by atoms with Crippen LogP contribution in [0.2, 0.25) is 0 Å². The van der Waals surface area contributed by atoms with Crippen molar-refractivity contribution in [1.82, 2.24) is 9.38 Å². The van der Waals surface area contributed by atoms with E-state index in [2.05, 4.69) is 20.9 Å². The van der Waals surface area contributed by atoms with Gasteiger partial charge in [-0.2, -0.15) is 0 Å². The first-order valence-corrected chi connectivity index (χ1v) is 6.43. The van der Waals surface area contributed by atoms with Crippen molar-refractivity contribution in [2.24, 2.45) is 0 Å². The lowest BCUT2D eigenvalue weighted by Crippen LogP contribution is -2.17. The first-order valence-electron chi connectivity index (χ1n) is 5.63. The summed E-state index contributed by atoms with van der Waals surface area (Å²) < 4.78 is 6.93. The van der Waals surface area contributed by atoms with Crippen LogP contribution in [0, 0.1) is 0 Å². The van der Waals surface area contributed by atoms with E-state index < -0.39 is 5.97 Å². The van der Waals surface area contributed by atoms with Gasteiger partial charge in [-0.05, 0) is 41.1 Å². The van der Waals surface area contributed by atoms with E-state index in [1.54, 1.807) is 25.3 Å². The number of aromatic nitrogens is 2. The highest BCUT2D eigenvalue weighted by atomic mass is 79.9. The summed E-state index contributed by atoms with van der Waals surface area (Å²) in [5.41, 5.74) is 0.622. The summed E-state index contributed by atoms with van der Waals surface area (Å²) in [5, 5.41) is 0. The Kier molecular flexibility index (Phi) is 4.11. The average molecular weight is 323 g/mol. The van der Waals surface area contributed by atoms with Gasteiger partial charge in [0.05, 0.1) is 12.2 Å². The average Bonchev–Trinajstić information content (AvgIpc) is 2.39. The van der Waals surface area contributed by atoms with Gasteiger partial charge in [0.15, 0.2) is 0 Å². The molecule has 2 aromatic heterocycles. The van der Waals surface area contributed by atoms with Gasteiger partial charge in [0.25, 0.3) is 5.56 Å². The second-order valence-corrected chi connectivity index (χ2v) is 4.60. The standard InChI is InChI=1S/C13H11BrN2O3/c1-2-19-12(17)6-3-9-7-15-11-5-4-10(14)8-16(11)13(9)18/h3-8H,2H2,1H3/b6-3+. The smallest absolute Gasteiger partial charge is 0.330 e. The molecule has 2 rings (SSSR count). The SMILES string of the molecule is CCOC(=O)/C=C/c1cnc2ccc(Br)cn2c1=O. The second kappa shape index (κ2) is 5.79. The molecule has 2 aromatic rings. The molecule has 0 radical (unpaired) electrons. The quantitative estimate of drug-likeness (QED) is 0.641. The van der Waals surface area contributed by atoms with Crippen molar-refractivity contribution >= 4 is 33.6 Å². The van der Waals surface area contributed by atoms with Crippen LogP contribution < -0.4 is 5.56 Å². The van der Waals surface area contributed by atoms with E-state index in [0.717, 1.165) is 4.47 Å². The van der Waals surface area contributed by atoms with Crippen molar-refractivity contribution in [3.05, 3.63) is 51.0 Å². The van der Waals surface area contributed by atoms with Gasteiger partial charge < -0.3 is 4.74 Å². The lowest BCUT2D eigenvalue weighted by molar-refractivity contribution is -0.137. The molecule has 0 saturated heterocycles. The number of hydrogen-bond donors (Lipinski definition) is 0. The molecule has 2 heterocycles.